The molecule has 72 valence electrons. The molecular formula is C13H15N. The first-order chi connectivity index (χ1) is 6.87. The van der Waals surface area contributed by atoms with Crippen LogP contribution in [0.1, 0.15) is 18.4 Å². The number of terminal acetylenes is 1. The second-order valence-electron chi connectivity index (χ2n) is 3.84. The lowest BCUT2D eigenvalue weighted by Gasteiger charge is -2.33. The van der Waals surface area contributed by atoms with E-state index in [1.165, 1.54) is 5.56 Å². The summed E-state index contributed by atoms with van der Waals surface area (Å²) in [5.41, 5.74) is 1.27. The van der Waals surface area contributed by atoms with Crippen LogP contribution in [0.15, 0.2) is 30.3 Å². The highest BCUT2D eigenvalue weighted by Gasteiger charge is 2.31. The Morgan fingerprint density at radius 2 is 1.79 bits per heavy atom. The van der Waals surface area contributed by atoms with Gasteiger partial charge >= 0.3 is 0 Å². The molecule has 1 aliphatic rings. The fourth-order valence-corrected chi connectivity index (χ4v) is 2.13. The third kappa shape index (κ3) is 1.54. The number of piperidine rings is 1. The summed E-state index contributed by atoms with van der Waals surface area (Å²) in [6.45, 7) is 2.05. The van der Waals surface area contributed by atoms with E-state index >= 15 is 0 Å². The predicted molar refractivity (Wildman–Crippen MR) is 59.1 cm³/mol. The zero-order chi connectivity index (χ0) is 9.86. The number of benzene rings is 1. The van der Waals surface area contributed by atoms with Gasteiger partial charge in [0.25, 0.3) is 0 Å². The van der Waals surface area contributed by atoms with Crippen molar-refractivity contribution in [3.63, 3.8) is 0 Å². The van der Waals surface area contributed by atoms with Crippen molar-refractivity contribution in [2.24, 2.45) is 0 Å². The van der Waals surface area contributed by atoms with E-state index in [-0.39, 0.29) is 5.41 Å². The van der Waals surface area contributed by atoms with Crippen LogP contribution in [0.4, 0.5) is 0 Å². The van der Waals surface area contributed by atoms with Crippen molar-refractivity contribution in [1.82, 2.24) is 5.32 Å². The molecule has 1 aliphatic heterocycles. The van der Waals surface area contributed by atoms with E-state index in [0.717, 1.165) is 25.9 Å². The summed E-state index contributed by atoms with van der Waals surface area (Å²) in [6, 6.07) is 10.5. The number of rotatable bonds is 1. The lowest BCUT2D eigenvalue weighted by Crippen LogP contribution is -2.38. The summed E-state index contributed by atoms with van der Waals surface area (Å²) >= 11 is 0. The van der Waals surface area contributed by atoms with Gasteiger partial charge in [0, 0.05) is 0 Å². The molecule has 1 fully saturated rings. The lowest BCUT2D eigenvalue weighted by molar-refractivity contribution is 0.386. The molecule has 0 amide bonds. The molecule has 1 aromatic carbocycles. The first kappa shape index (κ1) is 9.30. The third-order valence-corrected chi connectivity index (χ3v) is 3.06. The molecule has 1 heterocycles. The molecule has 14 heavy (non-hydrogen) atoms. The van der Waals surface area contributed by atoms with Gasteiger partial charge in [0.15, 0.2) is 0 Å². The largest absolute Gasteiger partial charge is 0.317 e. The van der Waals surface area contributed by atoms with Crippen LogP contribution in [0.5, 0.6) is 0 Å². The van der Waals surface area contributed by atoms with E-state index in [2.05, 4.69) is 35.5 Å². The summed E-state index contributed by atoms with van der Waals surface area (Å²) in [4.78, 5) is 0. The molecule has 0 aromatic heterocycles. The lowest BCUT2D eigenvalue weighted by atomic mass is 9.74. The Morgan fingerprint density at radius 3 is 2.36 bits per heavy atom. The zero-order valence-corrected chi connectivity index (χ0v) is 8.29. The van der Waals surface area contributed by atoms with Gasteiger partial charge in [-0.3, -0.25) is 0 Å². The first-order valence-corrected chi connectivity index (χ1v) is 5.11. The van der Waals surface area contributed by atoms with Gasteiger partial charge in [-0.05, 0) is 31.5 Å². The minimum absolute atomic E-state index is 0.0213. The third-order valence-electron chi connectivity index (χ3n) is 3.06. The molecule has 0 aliphatic carbocycles. The van der Waals surface area contributed by atoms with E-state index in [9.17, 15) is 0 Å². The van der Waals surface area contributed by atoms with Gasteiger partial charge in [-0.25, -0.2) is 0 Å². The summed E-state index contributed by atoms with van der Waals surface area (Å²) in [6.07, 6.45) is 7.79. The highest BCUT2D eigenvalue weighted by Crippen LogP contribution is 2.32. The summed E-state index contributed by atoms with van der Waals surface area (Å²) in [5.74, 6) is 2.99. The topological polar surface area (TPSA) is 12.0 Å². The molecule has 0 bridgehead atoms. The summed E-state index contributed by atoms with van der Waals surface area (Å²) in [7, 11) is 0. The number of nitrogens with one attached hydrogen (secondary N) is 1. The maximum absolute atomic E-state index is 5.69. The number of hydrogen-bond donors (Lipinski definition) is 1. The highest BCUT2D eigenvalue weighted by atomic mass is 14.9. The molecular weight excluding hydrogens is 170 g/mol. The molecule has 1 nitrogen and oxygen atoms in total. The van der Waals surface area contributed by atoms with Gasteiger partial charge in [-0.15, -0.1) is 6.42 Å². The first-order valence-electron chi connectivity index (χ1n) is 5.11. The average molecular weight is 185 g/mol. The van der Waals surface area contributed by atoms with Crippen molar-refractivity contribution in [3.8, 4) is 12.3 Å². The van der Waals surface area contributed by atoms with Crippen molar-refractivity contribution >= 4 is 0 Å². The van der Waals surface area contributed by atoms with Crippen LogP contribution >= 0.6 is 0 Å². The maximum atomic E-state index is 5.69. The minimum atomic E-state index is -0.0213. The zero-order valence-electron chi connectivity index (χ0n) is 8.29. The van der Waals surface area contributed by atoms with Gasteiger partial charge in [0.2, 0.25) is 0 Å². The smallest absolute Gasteiger partial charge is 0.0584 e. The summed E-state index contributed by atoms with van der Waals surface area (Å²) in [5, 5.41) is 3.35. The fraction of sp³-hybridized carbons (Fsp3) is 0.385. The van der Waals surface area contributed by atoms with Gasteiger partial charge in [-0.1, -0.05) is 36.3 Å². The molecule has 1 saturated heterocycles. The molecule has 1 N–H and O–H groups in total. The Labute approximate surface area is 85.5 Å². The van der Waals surface area contributed by atoms with E-state index < -0.39 is 0 Å². The molecule has 1 heteroatoms. The standard InChI is InChI=1S/C13H15N/c1-2-13(8-10-14-11-9-13)12-6-4-3-5-7-12/h1,3-7,14H,8-11H2. The maximum Gasteiger partial charge on any atom is 0.0584 e. The molecule has 0 unspecified atom stereocenters. The molecule has 0 atom stereocenters. The minimum Gasteiger partial charge on any atom is -0.317 e. The Balaban J connectivity index is 2.33. The van der Waals surface area contributed by atoms with E-state index in [0.29, 0.717) is 0 Å². The predicted octanol–water partition coefficient (Wildman–Crippen LogP) is 1.94. The van der Waals surface area contributed by atoms with Crippen LogP contribution in [0.2, 0.25) is 0 Å². The van der Waals surface area contributed by atoms with Crippen LogP contribution in [0.25, 0.3) is 0 Å². The summed E-state index contributed by atoms with van der Waals surface area (Å²) < 4.78 is 0. The van der Waals surface area contributed by atoms with Gasteiger partial charge < -0.3 is 5.32 Å². The second-order valence-corrected chi connectivity index (χ2v) is 3.84. The van der Waals surface area contributed by atoms with Gasteiger partial charge in [-0.2, -0.15) is 0 Å². The van der Waals surface area contributed by atoms with Crippen molar-refractivity contribution in [1.29, 1.82) is 0 Å². The van der Waals surface area contributed by atoms with Crippen LogP contribution in [-0.4, -0.2) is 13.1 Å². The van der Waals surface area contributed by atoms with E-state index in [1.807, 2.05) is 6.07 Å². The Morgan fingerprint density at radius 1 is 1.14 bits per heavy atom. The van der Waals surface area contributed by atoms with Gasteiger partial charge in [0.1, 0.15) is 0 Å². The van der Waals surface area contributed by atoms with Crippen LogP contribution in [0, 0.1) is 12.3 Å². The monoisotopic (exact) mass is 185 g/mol. The van der Waals surface area contributed by atoms with E-state index in [1.54, 1.807) is 0 Å². The molecule has 0 spiro atoms. The molecule has 0 saturated carbocycles. The quantitative estimate of drug-likeness (QED) is 0.659. The molecule has 2 rings (SSSR count). The Bertz CT molecular complexity index is 328. The average Bonchev–Trinajstić information content (AvgIpc) is 2.31. The Hall–Kier alpha value is -1.26. The molecule has 0 radical (unpaired) electrons. The molecule has 1 aromatic rings. The normalized spacial score (nSPS) is 19.9. The Kier molecular flexibility index (Phi) is 2.56. The van der Waals surface area contributed by atoms with Crippen molar-refractivity contribution in [3.05, 3.63) is 35.9 Å². The van der Waals surface area contributed by atoms with Crippen LogP contribution in [-0.2, 0) is 5.41 Å². The highest BCUT2D eigenvalue weighted by molar-refractivity contribution is 5.34. The fourth-order valence-electron chi connectivity index (χ4n) is 2.13. The van der Waals surface area contributed by atoms with Crippen LogP contribution in [0.3, 0.4) is 0 Å². The van der Waals surface area contributed by atoms with Crippen molar-refractivity contribution in [2.75, 3.05) is 13.1 Å². The second kappa shape index (κ2) is 3.86. The van der Waals surface area contributed by atoms with Gasteiger partial charge in [0.05, 0.1) is 5.41 Å². The van der Waals surface area contributed by atoms with Crippen molar-refractivity contribution < 1.29 is 0 Å². The van der Waals surface area contributed by atoms with E-state index in [4.69, 9.17) is 6.42 Å². The van der Waals surface area contributed by atoms with Crippen molar-refractivity contribution in [2.45, 2.75) is 18.3 Å². The number of hydrogen-bond acceptors (Lipinski definition) is 1. The SMILES string of the molecule is C#CC1(c2ccccc2)CCNCC1. The van der Waals surface area contributed by atoms with Crippen LogP contribution < -0.4 is 5.32 Å².